The fourth-order valence-electron chi connectivity index (χ4n) is 1.25. The van der Waals surface area contributed by atoms with Crippen LogP contribution in [0.1, 0.15) is 16.7 Å². The number of carboxylic acid groups (broad SMARTS) is 1. The van der Waals surface area contributed by atoms with Gasteiger partial charge in [0.15, 0.2) is 0 Å². The van der Waals surface area contributed by atoms with Crippen molar-refractivity contribution in [1.82, 2.24) is 0 Å². The van der Waals surface area contributed by atoms with Crippen LogP contribution in [0.4, 0.5) is 4.39 Å². The average molecular weight is 228 g/mol. The van der Waals surface area contributed by atoms with Crippen molar-refractivity contribution >= 4 is 17.6 Å². The number of nitriles is 1. The molecule has 0 aliphatic heterocycles. The number of nitrogens with zero attached hydrogens (tertiary/aromatic N) is 1. The molecule has 0 aliphatic rings. The first-order valence-corrected chi connectivity index (χ1v) is 4.61. The van der Waals surface area contributed by atoms with Crippen molar-refractivity contribution in [2.24, 2.45) is 0 Å². The van der Waals surface area contributed by atoms with Crippen molar-refractivity contribution in [1.29, 1.82) is 5.26 Å². The molecule has 0 bridgehead atoms. The summed E-state index contributed by atoms with van der Waals surface area (Å²) < 4.78 is 13.2. The van der Waals surface area contributed by atoms with Crippen LogP contribution in [0.25, 0.3) is 0 Å². The largest absolute Gasteiger partial charge is 0.481 e. The number of hydrogen-bond donors (Lipinski definition) is 1. The molecule has 1 rings (SSSR count). The quantitative estimate of drug-likeness (QED) is 0.804. The van der Waals surface area contributed by atoms with Gasteiger partial charge in [0.05, 0.1) is 23.9 Å². The third-order valence-corrected chi connectivity index (χ3v) is 2.20. The molecule has 1 aromatic carbocycles. The molecule has 78 valence electrons. The van der Waals surface area contributed by atoms with E-state index >= 15 is 0 Å². The number of alkyl halides is 1. The highest BCUT2D eigenvalue weighted by atomic mass is 35.5. The third kappa shape index (κ3) is 2.45. The van der Waals surface area contributed by atoms with E-state index in [1.54, 1.807) is 6.07 Å². The predicted octanol–water partition coefficient (Wildman–Crippen LogP) is 2.06. The zero-order valence-corrected chi connectivity index (χ0v) is 8.38. The molecule has 3 nitrogen and oxygen atoms in total. The summed E-state index contributed by atoms with van der Waals surface area (Å²) in [6.07, 6.45) is -0.312. The smallest absolute Gasteiger partial charge is 0.307 e. The van der Waals surface area contributed by atoms with Gasteiger partial charge in [-0.25, -0.2) is 4.39 Å². The summed E-state index contributed by atoms with van der Waals surface area (Å²) in [4.78, 5) is 10.5. The molecule has 5 heteroatoms. The maximum atomic E-state index is 13.2. The van der Waals surface area contributed by atoms with Gasteiger partial charge in [-0.3, -0.25) is 4.79 Å². The topological polar surface area (TPSA) is 61.1 Å². The molecular formula is C10H7ClFNO2. The fraction of sp³-hybridized carbons (Fsp3) is 0.200. The second-order valence-corrected chi connectivity index (χ2v) is 3.14. The van der Waals surface area contributed by atoms with Crippen LogP contribution in [0, 0.1) is 17.1 Å². The molecule has 0 fully saturated rings. The molecule has 0 aromatic heterocycles. The van der Waals surface area contributed by atoms with Crippen molar-refractivity contribution in [2.45, 2.75) is 12.3 Å². The molecule has 0 atom stereocenters. The Morgan fingerprint density at radius 3 is 2.73 bits per heavy atom. The van der Waals surface area contributed by atoms with Crippen LogP contribution in [0.2, 0.25) is 0 Å². The zero-order chi connectivity index (χ0) is 11.4. The Hall–Kier alpha value is -1.60. The van der Waals surface area contributed by atoms with Crippen molar-refractivity contribution in [3.05, 3.63) is 34.6 Å². The van der Waals surface area contributed by atoms with Crippen LogP contribution in [0.5, 0.6) is 0 Å². The Balaban J connectivity index is 3.30. The van der Waals surface area contributed by atoms with Gasteiger partial charge in [-0.1, -0.05) is 6.07 Å². The lowest BCUT2D eigenvalue weighted by molar-refractivity contribution is -0.136. The van der Waals surface area contributed by atoms with E-state index in [-0.39, 0.29) is 29.0 Å². The lowest BCUT2D eigenvalue weighted by atomic mass is 10.00. The van der Waals surface area contributed by atoms with Gasteiger partial charge >= 0.3 is 5.97 Å². The number of carboxylic acids is 1. The van der Waals surface area contributed by atoms with Crippen LogP contribution < -0.4 is 0 Å². The highest BCUT2D eigenvalue weighted by molar-refractivity contribution is 6.17. The molecule has 0 amide bonds. The van der Waals surface area contributed by atoms with Crippen LogP contribution in [0.15, 0.2) is 12.1 Å². The van der Waals surface area contributed by atoms with Gasteiger partial charge in [-0.15, -0.1) is 11.6 Å². The number of rotatable bonds is 3. The van der Waals surface area contributed by atoms with Gasteiger partial charge in [0, 0.05) is 5.56 Å². The summed E-state index contributed by atoms with van der Waals surface area (Å²) in [6.45, 7) is 0. The molecule has 0 unspecified atom stereocenters. The van der Waals surface area contributed by atoms with Crippen molar-refractivity contribution < 1.29 is 14.3 Å². The standard InChI is InChI=1S/C10H7ClFNO2/c11-4-7-8(5-13)6(3-10(14)15)1-2-9(7)12/h1-2H,3-4H2,(H,14,15). The minimum Gasteiger partial charge on any atom is -0.481 e. The van der Waals surface area contributed by atoms with Crippen molar-refractivity contribution in [3.8, 4) is 6.07 Å². The molecule has 0 saturated carbocycles. The summed E-state index contributed by atoms with van der Waals surface area (Å²) in [5.41, 5.74) is 0.354. The van der Waals surface area contributed by atoms with Crippen molar-refractivity contribution in [2.75, 3.05) is 0 Å². The van der Waals surface area contributed by atoms with Crippen LogP contribution in [0.3, 0.4) is 0 Å². The molecule has 0 heterocycles. The van der Waals surface area contributed by atoms with Crippen LogP contribution >= 0.6 is 11.6 Å². The molecule has 0 saturated heterocycles. The lowest BCUT2D eigenvalue weighted by Gasteiger charge is -2.06. The number of aliphatic carboxylic acids is 1. The van der Waals surface area contributed by atoms with Gasteiger partial charge in [-0.2, -0.15) is 5.26 Å². The average Bonchev–Trinajstić information content (AvgIpc) is 2.19. The summed E-state index contributed by atoms with van der Waals surface area (Å²) in [7, 11) is 0. The van der Waals surface area contributed by atoms with E-state index in [1.165, 1.54) is 6.07 Å². The van der Waals surface area contributed by atoms with Crippen LogP contribution in [-0.2, 0) is 17.1 Å². The predicted molar refractivity (Wildman–Crippen MR) is 52.0 cm³/mol. The Bertz CT molecular complexity index is 440. The molecule has 0 radical (unpaired) electrons. The van der Waals surface area contributed by atoms with Gasteiger partial charge in [0.25, 0.3) is 0 Å². The minimum absolute atomic E-state index is 0.0207. The van der Waals surface area contributed by atoms with E-state index in [0.717, 1.165) is 6.07 Å². The minimum atomic E-state index is -1.07. The molecule has 15 heavy (non-hydrogen) atoms. The summed E-state index contributed by atoms with van der Waals surface area (Å²) >= 11 is 5.49. The Morgan fingerprint density at radius 2 is 2.27 bits per heavy atom. The van der Waals surface area contributed by atoms with E-state index in [0.29, 0.717) is 0 Å². The maximum Gasteiger partial charge on any atom is 0.307 e. The van der Waals surface area contributed by atoms with Crippen molar-refractivity contribution in [3.63, 3.8) is 0 Å². The normalized spacial score (nSPS) is 9.67. The Labute approximate surface area is 90.7 Å². The first kappa shape index (κ1) is 11.5. The van der Waals surface area contributed by atoms with E-state index in [1.807, 2.05) is 0 Å². The van der Waals surface area contributed by atoms with Crippen LogP contribution in [-0.4, -0.2) is 11.1 Å². The Kier molecular flexibility index (Phi) is 3.64. The van der Waals surface area contributed by atoms with E-state index in [4.69, 9.17) is 22.0 Å². The van der Waals surface area contributed by atoms with Gasteiger partial charge < -0.3 is 5.11 Å². The monoisotopic (exact) mass is 227 g/mol. The first-order valence-electron chi connectivity index (χ1n) is 4.08. The first-order chi connectivity index (χ1) is 7.10. The summed E-state index contributed by atoms with van der Waals surface area (Å²) in [6, 6.07) is 4.19. The lowest BCUT2D eigenvalue weighted by Crippen LogP contribution is -2.05. The number of benzene rings is 1. The second kappa shape index (κ2) is 4.76. The molecule has 0 spiro atoms. The highest BCUT2D eigenvalue weighted by Crippen LogP contribution is 2.20. The summed E-state index contributed by atoms with van der Waals surface area (Å²) in [5, 5.41) is 17.4. The van der Waals surface area contributed by atoms with E-state index < -0.39 is 11.8 Å². The van der Waals surface area contributed by atoms with E-state index in [9.17, 15) is 9.18 Å². The molecule has 1 N–H and O–H groups in total. The van der Waals surface area contributed by atoms with E-state index in [2.05, 4.69) is 0 Å². The SMILES string of the molecule is N#Cc1c(CC(=O)O)ccc(F)c1CCl. The third-order valence-electron chi connectivity index (χ3n) is 1.93. The molecule has 0 aliphatic carbocycles. The number of hydrogen-bond acceptors (Lipinski definition) is 2. The summed E-state index contributed by atoms with van der Waals surface area (Å²) in [5.74, 6) is -1.81. The number of halogens is 2. The van der Waals surface area contributed by atoms with Gasteiger partial charge in [-0.05, 0) is 11.6 Å². The fourth-order valence-corrected chi connectivity index (χ4v) is 1.51. The second-order valence-electron chi connectivity index (χ2n) is 2.88. The molecule has 1 aromatic rings. The highest BCUT2D eigenvalue weighted by Gasteiger charge is 2.14. The zero-order valence-electron chi connectivity index (χ0n) is 7.63. The number of carbonyl (C=O) groups is 1. The van der Waals surface area contributed by atoms with Gasteiger partial charge in [0.2, 0.25) is 0 Å². The Morgan fingerprint density at radius 1 is 1.60 bits per heavy atom. The molecular weight excluding hydrogens is 221 g/mol. The maximum absolute atomic E-state index is 13.2. The van der Waals surface area contributed by atoms with Gasteiger partial charge in [0.1, 0.15) is 5.82 Å².